The highest BCUT2D eigenvalue weighted by Gasteiger charge is 2.28. The van der Waals surface area contributed by atoms with Gasteiger partial charge in [-0.25, -0.2) is 18.4 Å². The second kappa shape index (κ2) is 8.48. The van der Waals surface area contributed by atoms with Crippen LogP contribution in [0.25, 0.3) is 0 Å². The van der Waals surface area contributed by atoms with Crippen molar-refractivity contribution < 1.29 is 8.42 Å². The van der Waals surface area contributed by atoms with Crippen LogP contribution in [0.5, 0.6) is 0 Å². The van der Waals surface area contributed by atoms with Gasteiger partial charge in [0.2, 0.25) is 0 Å². The fourth-order valence-electron chi connectivity index (χ4n) is 3.62. The quantitative estimate of drug-likeness (QED) is 0.612. The maximum atomic E-state index is 12.8. The highest BCUT2D eigenvalue weighted by atomic mass is 32.2. The number of benzene rings is 1. The van der Waals surface area contributed by atoms with Crippen molar-refractivity contribution in [1.29, 1.82) is 0 Å². The molecule has 2 aromatic heterocycles. The van der Waals surface area contributed by atoms with Crippen molar-refractivity contribution in [1.82, 2.24) is 28.3 Å². The number of aromatic nitrogens is 4. The lowest BCUT2D eigenvalue weighted by Gasteiger charge is -2.21. The Balaban J connectivity index is 1.41. The summed E-state index contributed by atoms with van der Waals surface area (Å²) in [6.45, 7) is 3.96. The van der Waals surface area contributed by atoms with Crippen LogP contribution in [0.15, 0.2) is 60.3 Å². The number of aryl methyl sites for hydroxylation is 1. The van der Waals surface area contributed by atoms with E-state index in [4.69, 9.17) is 0 Å². The Morgan fingerprint density at radius 3 is 2.59 bits per heavy atom. The molecule has 0 amide bonds. The predicted molar refractivity (Wildman–Crippen MR) is 110 cm³/mol. The Bertz CT molecular complexity index is 1040. The highest BCUT2D eigenvalue weighted by Crippen LogP contribution is 2.17. The van der Waals surface area contributed by atoms with Crippen LogP contribution in [0.2, 0.25) is 0 Å². The minimum atomic E-state index is -3.54. The third-order valence-corrected chi connectivity index (χ3v) is 6.98. The largest absolute Gasteiger partial charge is 0.339 e. The van der Waals surface area contributed by atoms with Crippen molar-refractivity contribution in [2.24, 2.45) is 7.05 Å². The van der Waals surface area contributed by atoms with Crippen LogP contribution < -0.4 is 0 Å². The first kappa shape index (κ1) is 19.8. The summed E-state index contributed by atoms with van der Waals surface area (Å²) < 4.78 is 31.1. The van der Waals surface area contributed by atoms with Crippen LogP contribution in [0.3, 0.4) is 0 Å². The van der Waals surface area contributed by atoms with Gasteiger partial charge < -0.3 is 9.13 Å². The number of hydrogen-bond donors (Lipinski definition) is 0. The summed E-state index contributed by atoms with van der Waals surface area (Å²) in [7, 11) is -1.77. The summed E-state index contributed by atoms with van der Waals surface area (Å²) in [6.07, 6.45) is 7.68. The summed E-state index contributed by atoms with van der Waals surface area (Å²) in [5, 5.41) is 0.117. The first-order valence-electron chi connectivity index (χ1n) is 9.77. The summed E-state index contributed by atoms with van der Waals surface area (Å²) in [5.41, 5.74) is 1.23. The van der Waals surface area contributed by atoms with Crippen molar-refractivity contribution in [2.45, 2.75) is 24.5 Å². The molecule has 0 radical (unpaired) electrons. The Morgan fingerprint density at radius 1 is 1.00 bits per heavy atom. The van der Waals surface area contributed by atoms with E-state index in [2.05, 4.69) is 31.6 Å². The average molecular weight is 415 g/mol. The molecule has 1 aliphatic heterocycles. The molecular weight excluding hydrogens is 388 g/mol. The average Bonchev–Trinajstić information content (AvgIpc) is 3.26. The van der Waals surface area contributed by atoms with E-state index in [0.29, 0.717) is 26.2 Å². The number of hydrogen-bond acceptors (Lipinski definition) is 5. The zero-order valence-electron chi connectivity index (χ0n) is 16.6. The van der Waals surface area contributed by atoms with Gasteiger partial charge in [-0.05, 0) is 18.5 Å². The predicted octanol–water partition coefficient (Wildman–Crippen LogP) is 1.56. The summed E-state index contributed by atoms with van der Waals surface area (Å²) in [5.74, 6) is 0.995. The zero-order chi connectivity index (χ0) is 20.3. The van der Waals surface area contributed by atoms with Crippen molar-refractivity contribution >= 4 is 10.0 Å². The van der Waals surface area contributed by atoms with Gasteiger partial charge in [0, 0.05) is 51.8 Å². The first-order chi connectivity index (χ1) is 14.0. The molecule has 9 heteroatoms. The monoisotopic (exact) mass is 414 g/mol. The summed E-state index contributed by atoms with van der Waals surface area (Å²) >= 11 is 0. The minimum absolute atomic E-state index is 0.117. The van der Waals surface area contributed by atoms with E-state index in [0.717, 1.165) is 25.3 Å². The maximum absolute atomic E-state index is 12.8. The zero-order valence-corrected chi connectivity index (χ0v) is 17.4. The van der Waals surface area contributed by atoms with Gasteiger partial charge in [-0.3, -0.25) is 4.90 Å². The van der Waals surface area contributed by atoms with E-state index in [1.54, 1.807) is 22.1 Å². The number of imidazole rings is 2. The molecule has 29 heavy (non-hydrogen) atoms. The summed E-state index contributed by atoms with van der Waals surface area (Å²) in [4.78, 5) is 10.8. The van der Waals surface area contributed by atoms with Crippen LogP contribution in [-0.2, 0) is 30.2 Å². The third kappa shape index (κ3) is 4.58. The Morgan fingerprint density at radius 2 is 1.83 bits per heavy atom. The molecule has 1 aliphatic rings. The van der Waals surface area contributed by atoms with E-state index in [1.165, 1.54) is 11.9 Å². The molecule has 0 spiro atoms. The topological polar surface area (TPSA) is 76.3 Å². The van der Waals surface area contributed by atoms with Gasteiger partial charge in [0.15, 0.2) is 5.03 Å². The normalized spacial score (nSPS) is 16.7. The van der Waals surface area contributed by atoms with Crippen LogP contribution in [0.1, 0.15) is 17.8 Å². The lowest BCUT2D eigenvalue weighted by molar-refractivity contribution is 0.268. The molecule has 0 atom stereocenters. The van der Waals surface area contributed by atoms with Gasteiger partial charge in [-0.1, -0.05) is 30.3 Å². The van der Waals surface area contributed by atoms with Crippen molar-refractivity contribution in [3.8, 4) is 0 Å². The minimum Gasteiger partial charge on any atom is -0.339 e. The van der Waals surface area contributed by atoms with E-state index < -0.39 is 10.0 Å². The number of rotatable bonds is 6. The Hall–Kier alpha value is -2.49. The van der Waals surface area contributed by atoms with Crippen molar-refractivity contribution in [3.05, 3.63) is 66.6 Å². The van der Waals surface area contributed by atoms with Gasteiger partial charge in [0.1, 0.15) is 5.82 Å². The maximum Gasteiger partial charge on any atom is 0.262 e. The molecule has 3 aromatic rings. The standard InChI is InChI=1S/C20H26N6O2S/c1-23-16-20(22-17-23)29(27,28)26-10-5-9-24(12-13-26)15-19-21-8-11-25(19)14-18-6-3-2-4-7-18/h2-4,6-8,11,16-17H,5,9-10,12-15H2,1H3. The van der Waals surface area contributed by atoms with Crippen molar-refractivity contribution in [3.63, 3.8) is 0 Å². The molecule has 0 N–H and O–H groups in total. The summed E-state index contributed by atoms with van der Waals surface area (Å²) in [6, 6.07) is 10.3. The fourth-order valence-corrected chi connectivity index (χ4v) is 5.05. The van der Waals surface area contributed by atoms with Crippen LogP contribution in [0, 0.1) is 0 Å². The van der Waals surface area contributed by atoms with E-state index in [9.17, 15) is 8.42 Å². The Labute approximate surface area is 171 Å². The fraction of sp³-hybridized carbons (Fsp3) is 0.400. The van der Waals surface area contributed by atoms with Gasteiger partial charge in [-0.15, -0.1) is 0 Å². The molecule has 0 saturated carbocycles. The molecule has 3 heterocycles. The number of nitrogens with zero attached hydrogens (tertiary/aromatic N) is 6. The van der Waals surface area contributed by atoms with Gasteiger partial charge in [0.25, 0.3) is 10.0 Å². The van der Waals surface area contributed by atoms with Crippen LogP contribution in [0.4, 0.5) is 0 Å². The van der Waals surface area contributed by atoms with Crippen LogP contribution >= 0.6 is 0 Å². The second-order valence-electron chi connectivity index (χ2n) is 7.37. The molecule has 0 aliphatic carbocycles. The van der Waals surface area contributed by atoms with Crippen molar-refractivity contribution in [2.75, 3.05) is 26.2 Å². The SMILES string of the molecule is Cn1cnc(S(=O)(=O)N2CCCN(Cc3nccn3Cc3ccccc3)CC2)c1. The van der Waals surface area contributed by atoms with E-state index >= 15 is 0 Å². The molecule has 1 fully saturated rings. The smallest absolute Gasteiger partial charge is 0.262 e. The lowest BCUT2D eigenvalue weighted by atomic mass is 10.2. The Kier molecular flexibility index (Phi) is 5.79. The lowest BCUT2D eigenvalue weighted by Crippen LogP contribution is -2.35. The molecule has 4 rings (SSSR count). The van der Waals surface area contributed by atoms with E-state index in [1.807, 2.05) is 30.6 Å². The third-order valence-electron chi connectivity index (χ3n) is 5.20. The second-order valence-corrected chi connectivity index (χ2v) is 9.25. The molecule has 8 nitrogen and oxygen atoms in total. The molecule has 1 saturated heterocycles. The first-order valence-corrected chi connectivity index (χ1v) is 11.2. The van der Waals surface area contributed by atoms with Gasteiger partial charge in [0.05, 0.1) is 12.9 Å². The van der Waals surface area contributed by atoms with Gasteiger partial charge >= 0.3 is 0 Å². The van der Waals surface area contributed by atoms with Gasteiger partial charge in [-0.2, -0.15) is 4.31 Å². The molecule has 0 unspecified atom stereocenters. The van der Waals surface area contributed by atoms with Crippen LogP contribution in [-0.4, -0.2) is 62.9 Å². The number of sulfonamides is 1. The molecule has 154 valence electrons. The molecule has 0 bridgehead atoms. The molecular formula is C20H26N6O2S. The van der Waals surface area contributed by atoms with E-state index in [-0.39, 0.29) is 5.03 Å². The molecule has 1 aromatic carbocycles. The highest BCUT2D eigenvalue weighted by molar-refractivity contribution is 7.89.